The summed E-state index contributed by atoms with van der Waals surface area (Å²) in [6.45, 7) is 2.86. The van der Waals surface area contributed by atoms with Gasteiger partial charge in [0.1, 0.15) is 0 Å². The first kappa shape index (κ1) is 15.5. The lowest BCUT2D eigenvalue weighted by molar-refractivity contribution is -0.132. The second-order valence-corrected chi connectivity index (χ2v) is 5.04. The highest BCUT2D eigenvalue weighted by Crippen LogP contribution is 2.08. The van der Waals surface area contributed by atoms with E-state index in [4.69, 9.17) is 10.5 Å². The van der Waals surface area contributed by atoms with Crippen LogP contribution in [0.5, 0.6) is 0 Å². The molecular weight excluding hydrogens is 270 g/mol. The number of amides is 2. The Kier molecular flexibility index (Phi) is 5.71. The fourth-order valence-corrected chi connectivity index (χ4v) is 2.37. The summed E-state index contributed by atoms with van der Waals surface area (Å²) in [7, 11) is 0. The Morgan fingerprint density at radius 3 is 2.52 bits per heavy atom. The van der Waals surface area contributed by atoms with E-state index in [0.29, 0.717) is 32.8 Å². The van der Waals surface area contributed by atoms with Gasteiger partial charge in [-0.05, 0) is 5.56 Å². The molecule has 0 bridgehead atoms. The molecule has 1 heterocycles. The number of hydrogen-bond acceptors (Lipinski definition) is 4. The topological polar surface area (TPSA) is 84.7 Å². The maximum absolute atomic E-state index is 12.3. The van der Waals surface area contributed by atoms with Crippen molar-refractivity contribution in [1.29, 1.82) is 0 Å². The van der Waals surface area contributed by atoms with Crippen molar-refractivity contribution in [2.45, 2.75) is 19.0 Å². The van der Waals surface area contributed by atoms with Gasteiger partial charge in [0.05, 0.1) is 25.7 Å². The third kappa shape index (κ3) is 4.84. The van der Waals surface area contributed by atoms with Gasteiger partial charge in [-0.1, -0.05) is 30.3 Å². The number of nitrogens with one attached hydrogen (secondary N) is 1. The van der Waals surface area contributed by atoms with E-state index < -0.39 is 11.9 Å². The molecule has 1 aromatic rings. The predicted octanol–water partition coefficient (Wildman–Crippen LogP) is -0.121. The molecule has 2 rings (SSSR count). The summed E-state index contributed by atoms with van der Waals surface area (Å²) in [4.78, 5) is 25.5. The molecule has 1 atom stereocenters. The molecule has 6 heteroatoms. The number of nitrogens with zero attached hydrogens (tertiary/aromatic N) is 1. The molecule has 2 amide bonds. The third-order valence-electron chi connectivity index (χ3n) is 3.49. The first-order valence-electron chi connectivity index (χ1n) is 7.08. The molecule has 3 N–H and O–H groups in total. The first-order chi connectivity index (χ1) is 10.2. The van der Waals surface area contributed by atoms with Crippen LogP contribution < -0.4 is 11.1 Å². The molecular formula is C15H21N3O3. The first-order valence-corrected chi connectivity index (χ1v) is 7.08. The van der Waals surface area contributed by atoms with E-state index in [1.807, 2.05) is 35.2 Å². The van der Waals surface area contributed by atoms with Crippen molar-refractivity contribution in [2.24, 2.45) is 5.73 Å². The standard InChI is InChI=1S/C15H21N3O3/c16-14(19)10-13(18-6-8-21-9-7-18)15(20)17-11-12-4-2-1-3-5-12/h1-5,13H,6-11H2,(H2,16,19)(H,17,20). The van der Waals surface area contributed by atoms with E-state index in [9.17, 15) is 9.59 Å². The Labute approximate surface area is 124 Å². The molecule has 21 heavy (non-hydrogen) atoms. The smallest absolute Gasteiger partial charge is 0.238 e. The quantitative estimate of drug-likeness (QED) is 0.765. The molecule has 0 saturated carbocycles. The molecule has 1 unspecified atom stereocenters. The van der Waals surface area contributed by atoms with Crippen molar-refractivity contribution in [3.63, 3.8) is 0 Å². The van der Waals surface area contributed by atoms with Crippen LogP contribution in [-0.2, 0) is 20.9 Å². The average Bonchev–Trinajstić information content (AvgIpc) is 2.52. The van der Waals surface area contributed by atoms with E-state index >= 15 is 0 Å². The summed E-state index contributed by atoms with van der Waals surface area (Å²) in [6, 6.07) is 9.13. The summed E-state index contributed by atoms with van der Waals surface area (Å²) >= 11 is 0. The zero-order valence-electron chi connectivity index (χ0n) is 12.0. The van der Waals surface area contributed by atoms with E-state index in [1.165, 1.54) is 0 Å². The van der Waals surface area contributed by atoms with Gasteiger partial charge in [-0.2, -0.15) is 0 Å². The lowest BCUT2D eigenvalue weighted by Gasteiger charge is -2.32. The van der Waals surface area contributed by atoms with Gasteiger partial charge in [-0.3, -0.25) is 14.5 Å². The molecule has 1 aliphatic heterocycles. The number of benzene rings is 1. The minimum Gasteiger partial charge on any atom is -0.379 e. The van der Waals surface area contributed by atoms with Crippen LogP contribution in [0, 0.1) is 0 Å². The van der Waals surface area contributed by atoms with Gasteiger partial charge in [0.2, 0.25) is 11.8 Å². The van der Waals surface area contributed by atoms with Gasteiger partial charge in [-0.25, -0.2) is 0 Å². The minimum atomic E-state index is -0.518. The van der Waals surface area contributed by atoms with Crippen molar-refractivity contribution in [1.82, 2.24) is 10.2 Å². The van der Waals surface area contributed by atoms with Crippen molar-refractivity contribution >= 4 is 11.8 Å². The molecule has 0 aliphatic carbocycles. The summed E-state index contributed by atoms with van der Waals surface area (Å²) in [5.41, 5.74) is 6.29. The number of nitrogens with two attached hydrogens (primary N) is 1. The summed E-state index contributed by atoms with van der Waals surface area (Å²) in [5.74, 6) is -0.638. The normalized spacial score (nSPS) is 17.1. The van der Waals surface area contributed by atoms with Crippen LogP contribution in [0.15, 0.2) is 30.3 Å². The fourth-order valence-electron chi connectivity index (χ4n) is 2.37. The van der Waals surface area contributed by atoms with Gasteiger partial charge < -0.3 is 15.8 Å². The van der Waals surface area contributed by atoms with Crippen LogP contribution in [0.4, 0.5) is 0 Å². The number of morpholine rings is 1. The third-order valence-corrected chi connectivity index (χ3v) is 3.49. The van der Waals surface area contributed by atoms with Gasteiger partial charge >= 0.3 is 0 Å². The highest BCUT2D eigenvalue weighted by molar-refractivity contribution is 5.87. The van der Waals surface area contributed by atoms with Crippen LogP contribution in [0.25, 0.3) is 0 Å². The maximum Gasteiger partial charge on any atom is 0.238 e. The van der Waals surface area contributed by atoms with Crippen LogP contribution >= 0.6 is 0 Å². The number of ether oxygens (including phenoxy) is 1. The van der Waals surface area contributed by atoms with Gasteiger partial charge in [0.15, 0.2) is 0 Å². The Bertz CT molecular complexity index is 472. The molecule has 1 aromatic carbocycles. The maximum atomic E-state index is 12.3. The number of carbonyl (C=O) groups is 2. The second-order valence-electron chi connectivity index (χ2n) is 5.04. The van der Waals surface area contributed by atoms with E-state index in [2.05, 4.69) is 5.32 Å². The number of primary amides is 1. The lowest BCUT2D eigenvalue weighted by Crippen LogP contribution is -2.52. The van der Waals surface area contributed by atoms with E-state index in [-0.39, 0.29) is 12.3 Å². The highest BCUT2D eigenvalue weighted by atomic mass is 16.5. The minimum absolute atomic E-state index is 0.0284. The zero-order valence-corrected chi connectivity index (χ0v) is 12.0. The number of rotatable bonds is 6. The molecule has 1 saturated heterocycles. The molecule has 6 nitrogen and oxygen atoms in total. The van der Waals surface area contributed by atoms with Crippen LogP contribution in [-0.4, -0.2) is 49.1 Å². The van der Waals surface area contributed by atoms with Crippen molar-refractivity contribution in [3.05, 3.63) is 35.9 Å². The molecule has 0 aromatic heterocycles. The van der Waals surface area contributed by atoms with Gasteiger partial charge in [-0.15, -0.1) is 0 Å². The summed E-state index contributed by atoms with van der Waals surface area (Å²) < 4.78 is 5.27. The number of hydrogen-bond donors (Lipinski definition) is 2. The zero-order chi connectivity index (χ0) is 15.1. The molecule has 0 radical (unpaired) electrons. The van der Waals surface area contributed by atoms with Gasteiger partial charge in [0, 0.05) is 19.6 Å². The Morgan fingerprint density at radius 1 is 1.24 bits per heavy atom. The second kappa shape index (κ2) is 7.75. The molecule has 1 aliphatic rings. The molecule has 114 valence electrons. The van der Waals surface area contributed by atoms with Crippen molar-refractivity contribution in [3.8, 4) is 0 Å². The SMILES string of the molecule is NC(=O)CC(C(=O)NCc1ccccc1)N1CCOCC1. The Morgan fingerprint density at radius 2 is 1.90 bits per heavy atom. The van der Waals surface area contributed by atoms with Crippen LogP contribution in [0.2, 0.25) is 0 Å². The highest BCUT2D eigenvalue weighted by Gasteiger charge is 2.28. The van der Waals surface area contributed by atoms with E-state index in [1.54, 1.807) is 0 Å². The van der Waals surface area contributed by atoms with Crippen LogP contribution in [0.1, 0.15) is 12.0 Å². The van der Waals surface area contributed by atoms with Gasteiger partial charge in [0.25, 0.3) is 0 Å². The number of carbonyl (C=O) groups excluding carboxylic acids is 2. The van der Waals surface area contributed by atoms with E-state index in [0.717, 1.165) is 5.56 Å². The monoisotopic (exact) mass is 291 g/mol. The lowest BCUT2D eigenvalue weighted by atomic mass is 10.1. The summed E-state index contributed by atoms with van der Waals surface area (Å²) in [6.07, 6.45) is 0.0284. The largest absolute Gasteiger partial charge is 0.379 e. The van der Waals surface area contributed by atoms with Crippen molar-refractivity contribution < 1.29 is 14.3 Å². The Balaban J connectivity index is 1.94. The van der Waals surface area contributed by atoms with Crippen LogP contribution in [0.3, 0.4) is 0 Å². The van der Waals surface area contributed by atoms with Crippen molar-refractivity contribution in [2.75, 3.05) is 26.3 Å². The predicted molar refractivity (Wildman–Crippen MR) is 78.3 cm³/mol. The molecule has 1 fully saturated rings. The average molecular weight is 291 g/mol. The fraction of sp³-hybridized carbons (Fsp3) is 0.467. The Hall–Kier alpha value is -1.92. The summed E-state index contributed by atoms with van der Waals surface area (Å²) in [5, 5.41) is 2.87. The molecule has 0 spiro atoms.